The molecule has 5 nitrogen and oxygen atoms in total. The van der Waals surface area contributed by atoms with Crippen LogP contribution in [0.5, 0.6) is 0 Å². The number of amides is 1. The van der Waals surface area contributed by atoms with Crippen LogP contribution >= 0.6 is 0 Å². The van der Waals surface area contributed by atoms with Crippen molar-refractivity contribution in [1.29, 1.82) is 0 Å². The normalized spacial score (nSPS) is 13.9. The number of carbonyl (C=O) groups is 1. The van der Waals surface area contributed by atoms with E-state index in [0.717, 1.165) is 37.3 Å². The number of furan rings is 1. The Labute approximate surface area is 123 Å². The number of rotatable bonds is 3. The number of hydrogen-bond acceptors (Lipinski definition) is 4. The van der Waals surface area contributed by atoms with Gasteiger partial charge < -0.3 is 9.32 Å². The van der Waals surface area contributed by atoms with Gasteiger partial charge in [0.1, 0.15) is 5.76 Å². The number of hydrazine groups is 1. The molecule has 1 aliphatic rings. The first kappa shape index (κ1) is 13.7. The number of nitrogens with one attached hydrogen (secondary N) is 1. The molecule has 0 atom stereocenters. The molecule has 110 valence electrons. The highest BCUT2D eigenvalue weighted by Crippen LogP contribution is 2.29. The zero-order chi connectivity index (χ0) is 14.8. The van der Waals surface area contributed by atoms with Crippen molar-refractivity contribution in [2.45, 2.75) is 26.3 Å². The molecule has 2 heterocycles. The van der Waals surface area contributed by atoms with Gasteiger partial charge in [-0.2, -0.15) is 0 Å². The van der Waals surface area contributed by atoms with Crippen LogP contribution in [0.1, 0.15) is 33.9 Å². The molecule has 3 rings (SSSR count). The second-order valence-corrected chi connectivity index (χ2v) is 5.32. The summed E-state index contributed by atoms with van der Waals surface area (Å²) in [5.74, 6) is 5.76. The molecule has 2 aromatic rings. The summed E-state index contributed by atoms with van der Waals surface area (Å²) in [6, 6.07) is 10.2. The van der Waals surface area contributed by atoms with E-state index in [1.54, 1.807) is 6.07 Å². The molecular formula is C16H19N3O2. The number of nitrogens with two attached hydrogens (primary N) is 1. The molecule has 1 aromatic heterocycles. The Hall–Kier alpha value is -2.27. The third-order valence-corrected chi connectivity index (χ3v) is 3.94. The smallest absolute Gasteiger partial charge is 0.300 e. The lowest BCUT2D eigenvalue weighted by molar-refractivity contribution is 0.0924. The maximum absolute atomic E-state index is 11.5. The maximum Gasteiger partial charge on any atom is 0.300 e. The molecule has 0 unspecified atom stereocenters. The van der Waals surface area contributed by atoms with Gasteiger partial charge in [0.15, 0.2) is 5.76 Å². The summed E-state index contributed by atoms with van der Waals surface area (Å²) in [6.45, 7) is 3.63. The van der Waals surface area contributed by atoms with Gasteiger partial charge in [-0.25, -0.2) is 5.84 Å². The van der Waals surface area contributed by atoms with E-state index >= 15 is 0 Å². The number of nitrogen functional groups attached to an aromatic ring is 1. The number of fused-ring (bicyclic) bond motifs is 1. The molecule has 0 aliphatic carbocycles. The molecular weight excluding hydrogens is 266 g/mol. The minimum atomic E-state index is -0.400. The molecule has 0 radical (unpaired) electrons. The molecule has 0 saturated carbocycles. The van der Waals surface area contributed by atoms with Crippen LogP contribution in [0.3, 0.4) is 0 Å². The number of anilines is 1. The predicted octanol–water partition coefficient (Wildman–Crippen LogP) is 2.14. The standard InChI is InChI=1S/C16H19N3O2/c1-11-13(9-15(21-11)16(20)18-17)10-19-8-4-6-12-5-2-3-7-14(12)19/h2-3,5,7,9H,4,6,8,10,17H2,1H3,(H,18,20). The quantitative estimate of drug-likeness (QED) is 0.515. The molecule has 21 heavy (non-hydrogen) atoms. The molecule has 1 aliphatic heterocycles. The van der Waals surface area contributed by atoms with Crippen molar-refractivity contribution < 1.29 is 9.21 Å². The molecule has 0 fully saturated rings. The molecule has 5 heteroatoms. The third-order valence-electron chi connectivity index (χ3n) is 3.94. The largest absolute Gasteiger partial charge is 0.456 e. The molecule has 1 aromatic carbocycles. The zero-order valence-corrected chi connectivity index (χ0v) is 12.1. The van der Waals surface area contributed by atoms with Crippen LogP contribution in [0.4, 0.5) is 5.69 Å². The minimum absolute atomic E-state index is 0.260. The average Bonchev–Trinajstić information content (AvgIpc) is 2.88. The van der Waals surface area contributed by atoms with Gasteiger partial charge in [0, 0.05) is 24.3 Å². The number of benzene rings is 1. The molecule has 0 saturated heterocycles. The topological polar surface area (TPSA) is 71.5 Å². The summed E-state index contributed by atoms with van der Waals surface area (Å²) in [7, 11) is 0. The number of carbonyl (C=O) groups excluding carboxylic acids is 1. The van der Waals surface area contributed by atoms with Crippen molar-refractivity contribution in [1.82, 2.24) is 5.43 Å². The van der Waals surface area contributed by atoms with E-state index < -0.39 is 5.91 Å². The van der Waals surface area contributed by atoms with E-state index in [0.29, 0.717) is 0 Å². The highest BCUT2D eigenvalue weighted by Gasteiger charge is 2.20. The Morgan fingerprint density at radius 1 is 1.43 bits per heavy atom. The Kier molecular flexibility index (Phi) is 3.66. The molecule has 1 amide bonds. The maximum atomic E-state index is 11.5. The van der Waals surface area contributed by atoms with Crippen molar-refractivity contribution in [3.63, 3.8) is 0 Å². The predicted molar refractivity (Wildman–Crippen MR) is 80.9 cm³/mol. The Morgan fingerprint density at radius 2 is 2.24 bits per heavy atom. The van der Waals surface area contributed by atoms with Gasteiger partial charge >= 0.3 is 5.91 Å². The fourth-order valence-corrected chi connectivity index (χ4v) is 2.84. The number of aryl methyl sites for hydroxylation is 2. The van der Waals surface area contributed by atoms with Crippen molar-refractivity contribution in [2.24, 2.45) is 5.84 Å². The lowest BCUT2D eigenvalue weighted by atomic mass is 10.0. The summed E-state index contributed by atoms with van der Waals surface area (Å²) in [5, 5.41) is 0. The Balaban J connectivity index is 1.85. The highest BCUT2D eigenvalue weighted by atomic mass is 16.4. The van der Waals surface area contributed by atoms with E-state index in [9.17, 15) is 4.79 Å². The minimum Gasteiger partial charge on any atom is -0.456 e. The van der Waals surface area contributed by atoms with Gasteiger partial charge in [-0.05, 0) is 37.5 Å². The third kappa shape index (κ3) is 2.64. The lowest BCUT2D eigenvalue weighted by Gasteiger charge is -2.31. The summed E-state index contributed by atoms with van der Waals surface area (Å²) >= 11 is 0. The fraction of sp³-hybridized carbons (Fsp3) is 0.312. The molecule has 0 bridgehead atoms. The summed E-state index contributed by atoms with van der Waals surface area (Å²) in [6.07, 6.45) is 2.27. The molecule has 3 N–H and O–H groups in total. The van der Waals surface area contributed by atoms with Gasteiger partial charge in [0.2, 0.25) is 0 Å². The van der Waals surface area contributed by atoms with Crippen LogP contribution in [0.25, 0.3) is 0 Å². The van der Waals surface area contributed by atoms with Crippen LogP contribution in [0, 0.1) is 6.92 Å². The van der Waals surface area contributed by atoms with E-state index in [1.807, 2.05) is 6.92 Å². The van der Waals surface area contributed by atoms with Gasteiger partial charge in [0.05, 0.1) is 0 Å². The van der Waals surface area contributed by atoms with Crippen molar-refractivity contribution in [2.75, 3.05) is 11.4 Å². The van der Waals surface area contributed by atoms with E-state index in [-0.39, 0.29) is 5.76 Å². The van der Waals surface area contributed by atoms with Gasteiger partial charge in [0.25, 0.3) is 0 Å². The Bertz CT molecular complexity index is 663. The fourth-order valence-electron chi connectivity index (χ4n) is 2.84. The summed E-state index contributed by atoms with van der Waals surface area (Å²) in [5.41, 5.74) is 5.77. The summed E-state index contributed by atoms with van der Waals surface area (Å²) < 4.78 is 5.48. The van der Waals surface area contributed by atoms with Gasteiger partial charge in [-0.15, -0.1) is 0 Å². The van der Waals surface area contributed by atoms with E-state index in [1.165, 1.54) is 11.3 Å². The van der Waals surface area contributed by atoms with Crippen LogP contribution in [-0.2, 0) is 13.0 Å². The number of hydrogen-bond donors (Lipinski definition) is 2. The van der Waals surface area contributed by atoms with Crippen molar-refractivity contribution >= 4 is 11.6 Å². The van der Waals surface area contributed by atoms with Crippen LogP contribution in [-0.4, -0.2) is 12.5 Å². The second-order valence-electron chi connectivity index (χ2n) is 5.32. The lowest BCUT2D eigenvalue weighted by Crippen LogP contribution is -2.30. The first-order valence-electron chi connectivity index (χ1n) is 7.12. The Morgan fingerprint density at radius 3 is 3.05 bits per heavy atom. The van der Waals surface area contributed by atoms with E-state index in [4.69, 9.17) is 10.3 Å². The van der Waals surface area contributed by atoms with Crippen LogP contribution in [0.15, 0.2) is 34.7 Å². The first-order chi connectivity index (χ1) is 10.2. The highest BCUT2D eigenvalue weighted by molar-refractivity contribution is 5.91. The average molecular weight is 285 g/mol. The molecule has 0 spiro atoms. The van der Waals surface area contributed by atoms with Crippen LogP contribution in [0.2, 0.25) is 0 Å². The zero-order valence-electron chi connectivity index (χ0n) is 12.1. The van der Waals surface area contributed by atoms with Crippen molar-refractivity contribution in [3.05, 3.63) is 53.0 Å². The number of para-hydroxylation sites is 1. The van der Waals surface area contributed by atoms with Gasteiger partial charge in [-0.1, -0.05) is 18.2 Å². The first-order valence-corrected chi connectivity index (χ1v) is 7.12. The number of nitrogens with zero attached hydrogens (tertiary/aromatic N) is 1. The van der Waals surface area contributed by atoms with Crippen LogP contribution < -0.4 is 16.2 Å². The van der Waals surface area contributed by atoms with Gasteiger partial charge in [-0.3, -0.25) is 10.2 Å². The summed E-state index contributed by atoms with van der Waals surface area (Å²) in [4.78, 5) is 13.9. The SMILES string of the molecule is Cc1oc(C(=O)NN)cc1CN1CCCc2ccccc21. The van der Waals surface area contributed by atoms with Crippen molar-refractivity contribution in [3.8, 4) is 0 Å². The van der Waals surface area contributed by atoms with E-state index in [2.05, 4.69) is 34.6 Å². The monoisotopic (exact) mass is 285 g/mol. The second kappa shape index (κ2) is 5.61.